The van der Waals surface area contributed by atoms with Gasteiger partial charge in [-0.2, -0.15) is 0 Å². The van der Waals surface area contributed by atoms with Crippen molar-refractivity contribution in [3.63, 3.8) is 0 Å². The van der Waals surface area contributed by atoms with Gasteiger partial charge in [-0.1, -0.05) is 0 Å². The first kappa shape index (κ1) is 4.18. The van der Waals surface area contributed by atoms with Crippen molar-refractivity contribution in [2.75, 3.05) is 6.54 Å². The average Bonchev–Trinajstić information content (AvgIpc) is 1.69. The fraction of sp³-hybridized carbons (Fsp3) is 0.250. The van der Waals surface area contributed by atoms with Crippen LogP contribution in [0.2, 0.25) is 0 Å². The van der Waals surface area contributed by atoms with E-state index < -0.39 is 0 Å². The number of amides is 1. The van der Waals surface area contributed by atoms with Gasteiger partial charge >= 0.3 is 6.09 Å². The number of carbonyl (C=O) groups excluding carboxylic acids is 1. The average molecular weight is 99.1 g/mol. The van der Waals surface area contributed by atoms with Crippen LogP contribution in [0.3, 0.4) is 0 Å². The summed E-state index contributed by atoms with van der Waals surface area (Å²) in [6.07, 6.45) is 2.72. The Balaban J connectivity index is 2.47. The van der Waals surface area contributed by atoms with E-state index in [4.69, 9.17) is 0 Å². The van der Waals surface area contributed by atoms with Crippen LogP contribution in [0, 0.1) is 0 Å². The maximum absolute atomic E-state index is 10.1. The second-order valence-electron chi connectivity index (χ2n) is 1.16. The Labute approximate surface area is 41.0 Å². The molecule has 0 fully saturated rings. The molecule has 0 aromatic carbocycles. The molecule has 1 aliphatic heterocycles. The number of carbonyl (C=O) groups is 1. The summed E-state index contributed by atoms with van der Waals surface area (Å²) in [5, 5.41) is 2.43. The maximum Gasteiger partial charge on any atom is 0.412 e. The van der Waals surface area contributed by atoms with Crippen molar-refractivity contribution in [3.8, 4) is 0 Å². The van der Waals surface area contributed by atoms with Crippen LogP contribution in [0.25, 0.3) is 0 Å². The minimum Gasteiger partial charge on any atom is -0.419 e. The van der Waals surface area contributed by atoms with Gasteiger partial charge in [0.1, 0.15) is 0 Å². The standard InChI is InChI=1S/C4H5NO2/c6-4-5-2-1-3-7-4/h1,3H,2H2,(H,5,6). The molecular formula is C4H5NO2. The highest BCUT2D eigenvalue weighted by Gasteiger charge is 1.98. The molecule has 1 rings (SSSR count). The van der Waals surface area contributed by atoms with E-state index in [9.17, 15) is 4.79 Å². The quantitative estimate of drug-likeness (QED) is 0.472. The summed E-state index contributed by atoms with van der Waals surface area (Å²) in [6, 6.07) is 0. The Morgan fingerprint density at radius 3 is 3.00 bits per heavy atom. The number of rotatable bonds is 0. The van der Waals surface area contributed by atoms with Crippen molar-refractivity contribution in [2.24, 2.45) is 0 Å². The summed E-state index contributed by atoms with van der Waals surface area (Å²) in [6.45, 7) is 0.582. The zero-order valence-electron chi connectivity index (χ0n) is 3.68. The summed E-state index contributed by atoms with van der Waals surface area (Å²) in [4.78, 5) is 10.1. The summed E-state index contributed by atoms with van der Waals surface area (Å²) in [5.41, 5.74) is 0. The van der Waals surface area contributed by atoms with E-state index in [2.05, 4.69) is 10.1 Å². The summed E-state index contributed by atoms with van der Waals surface area (Å²) in [7, 11) is 0. The van der Waals surface area contributed by atoms with Gasteiger partial charge in [-0.25, -0.2) is 4.79 Å². The molecule has 38 valence electrons. The van der Waals surface area contributed by atoms with Crippen LogP contribution in [-0.2, 0) is 4.74 Å². The van der Waals surface area contributed by atoms with Crippen LogP contribution in [0.1, 0.15) is 0 Å². The molecule has 0 saturated carbocycles. The minimum atomic E-state index is -0.373. The summed E-state index contributed by atoms with van der Waals surface area (Å²) in [5.74, 6) is 0. The molecular weight excluding hydrogens is 94.0 g/mol. The van der Waals surface area contributed by atoms with Crippen molar-refractivity contribution in [1.29, 1.82) is 0 Å². The number of ether oxygens (including phenoxy) is 1. The predicted molar refractivity (Wildman–Crippen MR) is 23.6 cm³/mol. The molecule has 1 amide bonds. The van der Waals surface area contributed by atoms with Crippen LogP contribution in [0.4, 0.5) is 4.79 Å². The third-order valence-corrected chi connectivity index (χ3v) is 0.636. The molecule has 0 unspecified atom stereocenters. The van der Waals surface area contributed by atoms with E-state index >= 15 is 0 Å². The molecule has 0 radical (unpaired) electrons. The topological polar surface area (TPSA) is 38.3 Å². The Morgan fingerprint density at radius 2 is 2.71 bits per heavy atom. The van der Waals surface area contributed by atoms with Crippen LogP contribution in [0.5, 0.6) is 0 Å². The van der Waals surface area contributed by atoms with Crippen LogP contribution < -0.4 is 5.32 Å². The Morgan fingerprint density at radius 1 is 1.86 bits per heavy atom. The molecule has 0 bridgehead atoms. The van der Waals surface area contributed by atoms with E-state index in [1.54, 1.807) is 6.08 Å². The van der Waals surface area contributed by atoms with Gasteiger partial charge in [0.2, 0.25) is 0 Å². The number of nitrogens with one attached hydrogen (secondary N) is 1. The smallest absolute Gasteiger partial charge is 0.412 e. The third-order valence-electron chi connectivity index (χ3n) is 0.636. The molecule has 0 aromatic rings. The Bertz CT molecular complexity index is 108. The molecule has 0 spiro atoms. The first-order valence-corrected chi connectivity index (χ1v) is 1.99. The first-order chi connectivity index (χ1) is 3.39. The van der Waals surface area contributed by atoms with E-state index in [1.807, 2.05) is 0 Å². The van der Waals surface area contributed by atoms with Gasteiger partial charge in [0.25, 0.3) is 0 Å². The van der Waals surface area contributed by atoms with Gasteiger partial charge in [-0.3, -0.25) is 0 Å². The zero-order chi connectivity index (χ0) is 5.11. The number of hydrogen-bond donors (Lipinski definition) is 1. The fourth-order valence-electron chi connectivity index (χ4n) is 0.342. The van der Waals surface area contributed by atoms with Crippen LogP contribution in [0.15, 0.2) is 12.3 Å². The lowest BCUT2D eigenvalue weighted by Crippen LogP contribution is -2.25. The van der Waals surface area contributed by atoms with Gasteiger partial charge in [0.15, 0.2) is 0 Å². The van der Waals surface area contributed by atoms with Crippen molar-refractivity contribution in [1.82, 2.24) is 5.32 Å². The van der Waals surface area contributed by atoms with Gasteiger partial charge in [0, 0.05) is 6.54 Å². The molecule has 1 aliphatic rings. The molecule has 0 atom stereocenters. The van der Waals surface area contributed by atoms with Gasteiger partial charge in [0.05, 0.1) is 6.26 Å². The van der Waals surface area contributed by atoms with Gasteiger partial charge in [-0.15, -0.1) is 0 Å². The second-order valence-corrected chi connectivity index (χ2v) is 1.16. The molecule has 7 heavy (non-hydrogen) atoms. The van der Waals surface area contributed by atoms with Crippen LogP contribution >= 0.6 is 0 Å². The lowest BCUT2D eigenvalue weighted by molar-refractivity contribution is 0.182. The molecule has 0 saturated heterocycles. The second kappa shape index (κ2) is 1.64. The number of hydrogen-bond acceptors (Lipinski definition) is 2. The first-order valence-electron chi connectivity index (χ1n) is 1.99. The monoisotopic (exact) mass is 99.0 g/mol. The molecule has 1 heterocycles. The fourth-order valence-corrected chi connectivity index (χ4v) is 0.342. The zero-order valence-corrected chi connectivity index (χ0v) is 3.68. The van der Waals surface area contributed by atoms with Crippen molar-refractivity contribution < 1.29 is 9.53 Å². The van der Waals surface area contributed by atoms with E-state index in [0.29, 0.717) is 6.54 Å². The Kier molecular flexibility index (Phi) is 0.978. The molecule has 3 nitrogen and oxygen atoms in total. The van der Waals surface area contributed by atoms with E-state index in [-0.39, 0.29) is 6.09 Å². The van der Waals surface area contributed by atoms with E-state index in [1.165, 1.54) is 6.26 Å². The number of alkyl carbamates (subject to hydrolysis) is 1. The minimum absolute atomic E-state index is 0.373. The van der Waals surface area contributed by atoms with Crippen molar-refractivity contribution in [3.05, 3.63) is 12.3 Å². The predicted octanol–water partition coefficient (Wildman–Crippen LogP) is 0.240. The largest absolute Gasteiger partial charge is 0.419 e. The Hall–Kier alpha value is -0.990. The van der Waals surface area contributed by atoms with E-state index in [0.717, 1.165) is 0 Å². The molecule has 0 aliphatic carbocycles. The summed E-state index contributed by atoms with van der Waals surface area (Å²) >= 11 is 0. The van der Waals surface area contributed by atoms with Crippen molar-refractivity contribution in [2.45, 2.75) is 0 Å². The maximum atomic E-state index is 10.1. The normalized spacial score (nSPS) is 18.0. The lowest BCUT2D eigenvalue weighted by Gasteiger charge is -2.03. The highest BCUT2D eigenvalue weighted by atomic mass is 16.5. The SMILES string of the molecule is O=C1NCC=CO1. The highest BCUT2D eigenvalue weighted by molar-refractivity contribution is 5.68. The summed E-state index contributed by atoms with van der Waals surface area (Å²) < 4.78 is 4.35. The molecule has 1 N–H and O–H groups in total. The molecule has 0 aromatic heterocycles. The number of cyclic esters (lactones) is 1. The van der Waals surface area contributed by atoms with Gasteiger partial charge < -0.3 is 10.1 Å². The van der Waals surface area contributed by atoms with Crippen LogP contribution in [-0.4, -0.2) is 12.6 Å². The highest BCUT2D eigenvalue weighted by Crippen LogP contribution is 1.84. The van der Waals surface area contributed by atoms with Gasteiger partial charge in [-0.05, 0) is 6.08 Å². The lowest BCUT2D eigenvalue weighted by atomic mass is 10.6. The van der Waals surface area contributed by atoms with Crippen molar-refractivity contribution >= 4 is 6.09 Å². The molecule has 3 heteroatoms. The third kappa shape index (κ3) is 0.924.